The van der Waals surface area contributed by atoms with E-state index < -0.39 is 24.1 Å². The summed E-state index contributed by atoms with van der Waals surface area (Å²) in [7, 11) is 0. The Morgan fingerprint density at radius 2 is 2.11 bits per heavy atom. The average Bonchev–Trinajstić information content (AvgIpc) is 2.25. The fourth-order valence-corrected chi connectivity index (χ4v) is 1.93. The van der Waals surface area contributed by atoms with E-state index in [0.717, 1.165) is 17.2 Å². The summed E-state index contributed by atoms with van der Waals surface area (Å²) in [6.07, 6.45) is -5.81. The molecule has 8 heteroatoms. The molecule has 2 heterocycles. The summed E-state index contributed by atoms with van der Waals surface area (Å²) < 4.78 is 37.4. The number of hydrogen-bond acceptors (Lipinski definition) is 3. The maximum atomic E-state index is 12.5. The summed E-state index contributed by atoms with van der Waals surface area (Å²) in [6.45, 7) is 0.223. The van der Waals surface area contributed by atoms with Gasteiger partial charge < -0.3 is 15.1 Å². The Bertz CT molecular complexity index is 486. The maximum Gasteiger partial charge on any atom is 0.433 e. The van der Waals surface area contributed by atoms with Crippen LogP contribution in [0.1, 0.15) is 17.4 Å². The Labute approximate surface area is 106 Å². The minimum absolute atomic E-state index is 0.0948. The van der Waals surface area contributed by atoms with Crippen molar-refractivity contribution in [2.24, 2.45) is 5.92 Å². The molecule has 2 N–H and O–H groups in total. The quantitative estimate of drug-likeness (QED) is 0.863. The number of aliphatic hydroxyl groups excluding tert-OH is 1. The molecule has 19 heavy (non-hydrogen) atoms. The highest BCUT2D eigenvalue weighted by molar-refractivity contribution is 5.66. The number of amides is 1. The standard InChI is InChI=1S/C11H11F3N2O3/c12-11(13,14)8-3-6(1-2-15-8)9(17)7-4-16(5-7)10(18)19/h1-3,7,9,17H,4-5H2,(H,18,19). The molecule has 1 aromatic heterocycles. The van der Waals surface area contributed by atoms with Gasteiger partial charge in [0.1, 0.15) is 5.69 Å². The highest BCUT2D eigenvalue weighted by Gasteiger charge is 2.38. The van der Waals surface area contributed by atoms with Crippen LogP contribution in [0.3, 0.4) is 0 Å². The van der Waals surface area contributed by atoms with Crippen LogP contribution in [0, 0.1) is 5.92 Å². The number of likely N-dealkylation sites (tertiary alicyclic amines) is 1. The number of pyridine rings is 1. The van der Waals surface area contributed by atoms with E-state index in [1.165, 1.54) is 6.07 Å². The summed E-state index contributed by atoms with van der Waals surface area (Å²) >= 11 is 0. The lowest BCUT2D eigenvalue weighted by Crippen LogP contribution is -2.51. The normalized spacial score (nSPS) is 18.0. The van der Waals surface area contributed by atoms with E-state index in [4.69, 9.17) is 5.11 Å². The lowest BCUT2D eigenvalue weighted by Gasteiger charge is -2.39. The van der Waals surface area contributed by atoms with E-state index in [0.29, 0.717) is 0 Å². The molecule has 1 aliphatic heterocycles. The van der Waals surface area contributed by atoms with Crippen LogP contribution in [0.5, 0.6) is 0 Å². The second-order valence-corrected chi connectivity index (χ2v) is 4.36. The van der Waals surface area contributed by atoms with Crippen molar-refractivity contribution >= 4 is 6.09 Å². The first kappa shape index (κ1) is 13.6. The predicted octanol–water partition coefficient (Wildman–Crippen LogP) is 1.74. The van der Waals surface area contributed by atoms with Crippen molar-refractivity contribution in [2.45, 2.75) is 12.3 Å². The van der Waals surface area contributed by atoms with Gasteiger partial charge in [0.05, 0.1) is 6.10 Å². The largest absolute Gasteiger partial charge is 0.465 e. The number of aromatic nitrogens is 1. The topological polar surface area (TPSA) is 73.7 Å². The second-order valence-electron chi connectivity index (χ2n) is 4.36. The Morgan fingerprint density at radius 1 is 1.47 bits per heavy atom. The minimum Gasteiger partial charge on any atom is -0.465 e. The molecular weight excluding hydrogens is 265 g/mol. The van der Waals surface area contributed by atoms with Crippen molar-refractivity contribution in [3.63, 3.8) is 0 Å². The van der Waals surface area contributed by atoms with Crippen LogP contribution in [-0.4, -0.2) is 39.3 Å². The van der Waals surface area contributed by atoms with Crippen LogP contribution in [0.15, 0.2) is 18.3 Å². The molecule has 1 saturated heterocycles. The minimum atomic E-state index is -4.57. The van der Waals surface area contributed by atoms with E-state index in [-0.39, 0.29) is 24.6 Å². The van der Waals surface area contributed by atoms with Crippen LogP contribution in [0.25, 0.3) is 0 Å². The third kappa shape index (κ3) is 2.78. The fourth-order valence-electron chi connectivity index (χ4n) is 1.93. The molecule has 1 unspecified atom stereocenters. The molecule has 1 aliphatic rings. The highest BCUT2D eigenvalue weighted by Crippen LogP contribution is 2.33. The number of carboxylic acid groups (broad SMARTS) is 1. The fraction of sp³-hybridized carbons (Fsp3) is 0.455. The Balaban J connectivity index is 2.09. The second kappa shape index (κ2) is 4.69. The van der Waals surface area contributed by atoms with E-state index in [1.54, 1.807) is 0 Å². The molecule has 104 valence electrons. The molecule has 0 radical (unpaired) electrons. The van der Waals surface area contributed by atoms with Gasteiger partial charge in [-0.05, 0) is 17.7 Å². The van der Waals surface area contributed by atoms with Crippen molar-refractivity contribution < 1.29 is 28.2 Å². The molecule has 5 nitrogen and oxygen atoms in total. The zero-order valence-electron chi connectivity index (χ0n) is 9.63. The van der Waals surface area contributed by atoms with Gasteiger partial charge in [0.2, 0.25) is 0 Å². The van der Waals surface area contributed by atoms with Crippen LogP contribution in [-0.2, 0) is 6.18 Å². The molecule has 1 fully saturated rings. The number of halogens is 3. The summed E-state index contributed by atoms with van der Waals surface area (Å²) in [5.74, 6) is -0.389. The van der Waals surface area contributed by atoms with Gasteiger partial charge in [-0.1, -0.05) is 0 Å². The van der Waals surface area contributed by atoms with Crippen LogP contribution in [0.4, 0.5) is 18.0 Å². The Kier molecular flexibility index (Phi) is 3.36. The van der Waals surface area contributed by atoms with Gasteiger partial charge in [-0.15, -0.1) is 0 Å². The number of hydrogen-bond donors (Lipinski definition) is 2. The predicted molar refractivity (Wildman–Crippen MR) is 57.3 cm³/mol. The molecule has 0 saturated carbocycles. The number of nitrogens with zero attached hydrogens (tertiary/aromatic N) is 2. The first-order valence-electron chi connectivity index (χ1n) is 5.48. The lowest BCUT2D eigenvalue weighted by molar-refractivity contribution is -0.141. The van der Waals surface area contributed by atoms with Gasteiger partial charge in [-0.2, -0.15) is 13.2 Å². The summed E-state index contributed by atoms with van der Waals surface area (Å²) in [4.78, 5) is 14.8. The van der Waals surface area contributed by atoms with Gasteiger partial charge in [0, 0.05) is 25.2 Å². The average molecular weight is 276 g/mol. The first-order valence-corrected chi connectivity index (χ1v) is 5.48. The lowest BCUT2D eigenvalue weighted by atomic mass is 9.89. The molecule has 0 spiro atoms. The summed E-state index contributed by atoms with van der Waals surface area (Å²) in [5.41, 5.74) is -0.976. The van der Waals surface area contributed by atoms with Gasteiger partial charge in [0.15, 0.2) is 0 Å². The first-order chi connectivity index (χ1) is 8.79. The van der Waals surface area contributed by atoms with Crippen molar-refractivity contribution in [2.75, 3.05) is 13.1 Å². The molecule has 2 rings (SSSR count). The highest BCUT2D eigenvalue weighted by atomic mass is 19.4. The van der Waals surface area contributed by atoms with Crippen LogP contribution in [0.2, 0.25) is 0 Å². The Hall–Kier alpha value is -1.83. The number of rotatable bonds is 2. The van der Waals surface area contributed by atoms with E-state index in [9.17, 15) is 23.1 Å². The smallest absolute Gasteiger partial charge is 0.433 e. The zero-order valence-corrected chi connectivity index (χ0v) is 9.63. The van der Waals surface area contributed by atoms with E-state index in [2.05, 4.69) is 4.98 Å². The molecule has 0 aromatic carbocycles. The third-order valence-electron chi connectivity index (χ3n) is 3.04. The number of aliphatic hydroxyl groups is 1. The van der Waals surface area contributed by atoms with Gasteiger partial charge in [-0.25, -0.2) is 4.79 Å². The van der Waals surface area contributed by atoms with Crippen LogP contribution >= 0.6 is 0 Å². The molecule has 1 amide bonds. The van der Waals surface area contributed by atoms with Gasteiger partial charge in [-0.3, -0.25) is 4.98 Å². The summed E-state index contributed by atoms with van der Waals surface area (Å²) in [6, 6.07) is 2.08. The molecule has 1 aromatic rings. The van der Waals surface area contributed by atoms with Crippen LogP contribution < -0.4 is 0 Å². The maximum absolute atomic E-state index is 12.5. The van der Waals surface area contributed by atoms with E-state index in [1.807, 2.05) is 0 Å². The zero-order chi connectivity index (χ0) is 14.2. The van der Waals surface area contributed by atoms with Crippen molar-refractivity contribution in [3.05, 3.63) is 29.6 Å². The van der Waals surface area contributed by atoms with Crippen molar-refractivity contribution in [1.82, 2.24) is 9.88 Å². The molecule has 0 bridgehead atoms. The molecular formula is C11H11F3N2O3. The molecule has 0 aliphatic carbocycles. The summed E-state index contributed by atoms with van der Waals surface area (Å²) in [5, 5.41) is 18.6. The van der Waals surface area contributed by atoms with Crippen molar-refractivity contribution in [3.8, 4) is 0 Å². The van der Waals surface area contributed by atoms with Gasteiger partial charge in [0.25, 0.3) is 0 Å². The monoisotopic (exact) mass is 276 g/mol. The van der Waals surface area contributed by atoms with E-state index >= 15 is 0 Å². The van der Waals surface area contributed by atoms with Crippen molar-refractivity contribution in [1.29, 1.82) is 0 Å². The Morgan fingerprint density at radius 3 is 2.63 bits per heavy atom. The SMILES string of the molecule is O=C(O)N1CC(C(O)c2ccnc(C(F)(F)F)c2)C1. The number of alkyl halides is 3. The molecule has 1 atom stereocenters. The number of carbonyl (C=O) groups is 1. The third-order valence-corrected chi connectivity index (χ3v) is 3.04. The van der Waals surface area contributed by atoms with Gasteiger partial charge >= 0.3 is 12.3 Å².